The molecule has 0 atom stereocenters. The zero-order chi connectivity index (χ0) is 8.72. The highest BCUT2D eigenvalue weighted by Crippen LogP contribution is 2.35. The van der Waals surface area contributed by atoms with E-state index in [1.165, 1.54) is 5.39 Å². The second kappa shape index (κ2) is 2.75. The maximum atomic E-state index is 9.31. The first-order chi connectivity index (χ1) is 5.68. The third kappa shape index (κ3) is 1.13. The van der Waals surface area contributed by atoms with Crippen LogP contribution in [0.5, 0.6) is 5.75 Å². The molecule has 0 fully saturated rings. The number of benzene rings is 1. The van der Waals surface area contributed by atoms with Gasteiger partial charge in [0.2, 0.25) is 0 Å². The van der Waals surface area contributed by atoms with E-state index in [9.17, 15) is 5.11 Å². The molecule has 1 nitrogen and oxygen atoms in total. The van der Waals surface area contributed by atoms with Crippen LogP contribution in [0.3, 0.4) is 0 Å². The van der Waals surface area contributed by atoms with Gasteiger partial charge in [0, 0.05) is 19.9 Å². The molecule has 0 saturated carbocycles. The number of hydrogen-bond donors (Lipinski definition) is 1. The van der Waals surface area contributed by atoms with Gasteiger partial charge >= 0.3 is 0 Å². The first-order valence-corrected chi connectivity index (χ1v) is 5.22. The lowest BCUT2D eigenvalue weighted by Gasteiger charge is -1.98. The zero-order valence-corrected chi connectivity index (χ0v) is 8.87. The molecular formula is C9H7BrOS. The van der Waals surface area contributed by atoms with Crippen LogP contribution in [0.2, 0.25) is 0 Å². The normalized spacial score (nSPS) is 10.8. The predicted molar refractivity (Wildman–Crippen MR) is 55.9 cm³/mol. The maximum Gasteiger partial charge on any atom is 0.117 e. The number of phenolic OH excluding ortho intramolecular Hbond substituents is 1. The molecular weight excluding hydrogens is 236 g/mol. The van der Waals surface area contributed by atoms with Gasteiger partial charge in [-0.2, -0.15) is 0 Å². The van der Waals surface area contributed by atoms with Crippen LogP contribution in [-0.2, 0) is 0 Å². The van der Waals surface area contributed by atoms with E-state index in [1.807, 2.05) is 12.3 Å². The Labute approximate surface area is 82.8 Å². The van der Waals surface area contributed by atoms with Gasteiger partial charge in [-0.25, -0.2) is 0 Å². The average molecular weight is 243 g/mol. The van der Waals surface area contributed by atoms with Crippen LogP contribution < -0.4 is 0 Å². The Morgan fingerprint density at radius 3 is 2.92 bits per heavy atom. The zero-order valence-electron chi connectivity index (χ0n) is 6.47. The molecule has 1 N–H and O–H groups in total. The molecule has 2 rings (SSSR count). The minimum atomic E-state index is 0.342. The number of hydrogen-bond acceptors (Lipinski definition) is 2. The van der Waals surface area contributed by atoms with E-state index in [4.69, 9.17) is 0 Å². The van der Waals surface area contributed by atoms with Crippen LogP contribution in [0.15, 0.2) is 22.0 Å². The van der Waals surface area contributed by atoms with Crippen molar-refractivity contribution in [1.82, 2.24) is 0 Å². The highest BCUT2D eigenvalue weighted by molar-refractivity contribution is 9.10. The predicted octanol–water partition coefficient (Wildman–Crippen LogP) is 3.68. The van der Waals surface area contributed by atoms with Gasteiger partial charge in [-0.15, -0.1) is 11.3 Å². The van der Waals surface area contributed by atoms with E-state index < -0.39 is 0 Å². The maximum absolute atomic E-state index is 9.31. The summed E-state index contributed by atoms with van der Waals surface area (Å²) >= 11 is 5.11. The van der Waals surface area contributed by atoms with E-state index in [1.54, 1.807) is 23.5 Å². The van der Waals surface area contributed by atoms with Crippen molar-refractivity contribution in [2.75, 3.05) is 0 Å². The van der Waals surface area contributed by atoms with Crippen LogP contribution in [0, 0.1) is 6.92 Å². The highest BCUT2D eigenvalue weighted by Gasteiger charge is 2.05. The largest absolute Gasteiger partial charge is 0.508 e. The van der Waals surface area contributed by atoms with Crippen molar-refractivity contribution in [3.8, 4) is 5.75 Å². The molecule has 0 unspecified atom stereocenters. The molecule has 0 aliphatic rings. The van der Waals surface area contributed by atoms with Gasteiger partial charge in [-0.3, -0.25) is 0 Å². The Morgan fingerprint density at radius 1 is 1.42 bits per heavy atom. The first kappa shape index (κ1) is 8.08. The number of thiophene rings is 1. The molecule has 0 aliphatic carbocycles. The fourth-order valence-corrected chi connectivity index (χ4v) is 3.17. The smallest absolute Gasteiger partial charge is 0.117 e. The third-order valence-electron chi connectivity index (χ3n) is 1.81. The second-order valence-corrected chi connectivity index (χ2v) is 4.49. The number of halogens is 1. The number of rotatable bonds is 0. The lowest BCUT2D eigenvalue weighted by atomic mass is 10.1. The molecule has 1 aromatic heterocycles. The van der Waals surface area contributed by atoms with Crippen molar-refractivity contribution >= 4 is 37.4 Å². The van der Waals surface area contributed by atoms with Gasteiger partial charge in [-0.05, 0) is 40.5 Å². The molecule has 2 aromatic rings. The summed E-state index contributed by atoms with van der Waals surface area (Å²) in [5.74, 6) is 0.342. The molecule has 0 amide bonds. The van der Waals surface area contributed by atoms with Gasteiger partial charge in [0.05, 0.1) is 0 Å². The van der Waals surface area contributed by atoms with Gasteiger partial charge in [-0.1, -0.05) is 0 Å². The van der Waals surface area contributed by atoms with Crippen LogP contribution in [0.4, 0.5) is 0 Å². The third-order valence-corrected chi connectivity index (χ3v) is 3.67. The Morgan fingerprint density at radius 2 is 2.17 bits per heavy atom. The number of aromatic hydroxyl groups is 1. The van der Waals surface area contributed by atoms with E-state index >= 15 is 0 Å². The summed E-state index contributed by atoms with van der Waals surface area (Å²) in [5.41, 5.74) is 1.11. The fourth-order valence-electron chi connectivity index (χ4n) is 1.31. The van der Waals surface area contributed by atoms with Crippen molar-refractivity contribution in [2.24, 2.45) is 0 Å². The topological polar surface area (TPSA) is 20.2 Å². The molecule has 0 saturated heterocycles. The summed E-state index contributed by atoms with van der Waals surface area (Å²) in [6.45, 7) is 2.00. The monoisotopic (exact) mass is 242 g/mol. The Hall–Kier alpha value is -0.540. The van der Waals surface area contributed by atoms with Gasteiger partial charge in [0.15, 0.2) is 0 Å². The van der Waals surface area contributed by atoms with Crippen molar-refractivity contribution in [3.63, 3.8) is 0 Å². The van der Waals surface area contributed by atoms with Gasteiger partial charge in [0.25, 0.3) is 0 Å². The van der Waals surface area contributed by atoms with Crippen LogP contribution in [0.1, 0.15) is 5.56 Å². The average Bonchev–Trinajstić information content (AvgIpc) is 2.31. The van der Waals surface area contributed by atoms with Crippen LogP contribution in [-0.4, -0.2) is 5.11 Å². The summed E-state index contributed by atoms with van der Waals surface area (Å²) in [4.78, 5) is 0. The summed E-state index contributed by atoms with van der Waals surface area (Å²) in [6, 6.07) is 3.57. The summed E-state index contributed by atoms with van der Waals surface area (Å²) < 4.78 is 2.24. The quantitative estimate of drug-likeness (QED) is 0.748. The molecule has 0 bridgehead atoms. The fraction of sp³-hybridized carbons (Fsp3) is 0.111. The van der Waals surface area contributed by atoms with Gasteiger partial charge in [0.1, 0.15) is 5.75 Å². The number of fused-ring (bicyclic) bond motifs is 1. The Bertz CT molecular complexity index is 433. The molecule has 0 spiro atoms. The number of phenols is 1. The van der Waals surface area contributed by atoms with E-state index in [0.29, 0.717) is 5.75 Å². The summed E-state index contributed by atoms with van der Waals surface area (Å²) in [7, 11) is 0. The second-order valence-electron chi connectivity index (χ2n) is 2.72. The van der Waals surface area contributed by atoms with Crippen LogP contribution >= 0.6 is 27.3 Å². The minimum Gasteiger partial charge on any atom is -0.508 e. The van der Waals surface area contributed by atoms with Crippen molar-refractivity contribution in [2.45, 2.75) is 6.92 Å². The highest BCUT2D eigenvalue weighted by atomic mass is 79.9. The van der Waals surface area contributed by atoms with Gasteiger partial charge < -0.3 is 5.11 Å². The molecule has 1 heterocycles. The van der Waals surface area contributed by atoms with E-state index in [-0.39, 0.29) is 0 Å². The molecule has 62 valence electrons. The molecule has 0 aliphatic heterocycles. The summed E-state index contributed by atoms with van der Waals surface area (Å²) in [5, 5.41) is 12.6. The first-order valence-electron chi connectivity index (χ1n) is 3.55. The van der Waals surface area contributed by atoms with Crippen LogP contribution in [0.25, 0.3) is 10.1 Å². The summed E-state index contributed by atoms with van der Waals surface area (Å²) in [6.07, 6.45) is 0. The molecule has 0 radical (unpaired) electrons. The molecule has 1 aromatic carbocycles. The number of aryl methyl sites for hydroxylation is 1. The SMILES string of the molecule is Cc1cc(O)cc2scc(Br)c12. The van der Waals surface area contributed by atoms with E-state index in [0.717, 1.165) is 14.7 Å². The lowest BCUT2D eigenvalue weighted by Crippen LogP contribution is -1.73. The Balaban J connectivity index is 2.93. The molecule has 12 heavy (non-hydrogen) atoms. The minimum absolute atomic E-state index is 0.342. The van der Waals surface area contributed by atoms with Crippen molar-refractivity contribution in [1.29, 1.82) is 0 Å². The van der Waals surface area contributed by atoms with Crippen molar-refractivity contribution < 1.29 is 5.11 Å². The Kier molecular flexibility index (Phi) is 1.85. The molecule has 3 heteroatoms. The standard InChI is InChI=1S/C9H7BrOS/c1-5-2-6(11)3-8-9(5)7(10)4-12-8/h2-4,11H,1H3. The van der Waals surface area contributed by atoms with E-state index in [2.05, 4.69) is 15.9 Å². The van der Waals surface area contributed by atoms with Crippen molar-refractivity contribution in [3.05, 3.63) is 27.5 Å². The lowest BCUT2D eigenvalue weighted by molar-refractivity contribution is 0.476.